The van der Waals surface area contributed by atoms with Crippen molar-refractivity contribution in [1.82, 2.24) is 0 Å². The van der Waals surface area contributed by atoms with Crippen molar-refractivity contribution in [2.75, 3.05) is 0 Å². The predicted octanol–water partition coefficient (Wildman–Crippen LogP) is 4.55. The minimum atomic E-state index is 0.0893. The van der Waals surface area contributed by atoms with Crippen LogP contribution in [0.4, 0.5) is 0 Å². The summed E-state index contributed by atoms with van der Waals surface area (Å²) < 4.78 is 0. The first kappa shape index (κ1) is 15.5. The molecule has 1 aromatic carbocycles. The second-order valence-electron chi connectivity index (χ2n) is 4.91. The van der Waals surface area contributed by atoms with Crippen LogP contribution < -0.4 is 0 Å². The highest BCUT2D eigenvalue weighted by molar-refractivity contribution is 5.95. The summed E-state index contributed by atoms with van der Waals surface area (Å²) in [6, 6.07) is 10.0. The number of benzene rings is 1. The first-order chi connectivity index (χ1) is 9.33. The van der Waals surface area contributed by atoms with E-state index in [0.717, 1.165) is 12.8 Å². The van der Waals surface area contributed by atoms with E-state index in [1.165, 1.54) is 31.2 Å². The Morgan fingerprint density at radius 1 is 1.00 bits per heavy atom. The Morgan fingerprint density at radius 2 is 1.68 bits per heavy atom. The van der Waals surface area contributed by atoms with Gasteiger partial charge in [-0.25, -0.2) is 0 Å². The van der Waals surface area contributed by atoms with Gasteiger partial charge in [0.25, 0.3) is 0 Å². The summed E-state index contributed by atoms with van der Waals surface area (Å²) in [5.41, 5.74) is 1.17. The van der Waals surface area contributed by atoms with Gasteiger partial charge in [-0.1, -0.05) is 75.3 Å². The largest absolute Gasteiger partial charge is 0.285 e. The summed E-state index contributed by atoms with van der Waals surface area (Å²) in [4.78, 5) is 11.5. The molecule has 0 bridgehead atoms. The first-order valence-corrected chi connectivity index (χ1v) is 7.38. The molecule has 0 N–H and O–H groups in total. The van der Waals surface area contributed by atoms with Crippen LogP contribution in [0.3, 0.4) is 0 Å². The van der Waals surface area contributed by atoms with Gasteiger partial charge < -0.3 is 0 Å². The van der Waals surface area contributed by atoms with Gasteiger partial charge in [-0.05, 0) is 17.9 Å². The number of hydrogen-bond acceptors (Lipinski definition) is 1. The maximum absolute atomic E-state index is 11.5. The van der Waals surface area contributed by atoms with E-state index in [0.29, 0.717) is 12.8 Å². The Bertz CT molecular complexity index is 408. The molecule has 0 amide bonds. The van der Waals surface area contributed by atoms with E-state index in [1.54, 1.807) is 0 Å². The van der Waals surface area contributed by atoms with Gasteiger partial charge in [-0.2, -0.15) is 0 Å². The minimum Gasteiger partial charge on any atom is -0.285 e. The summed E-state index contributed by atoms with van der Waals surface area (Å²) >= 11 is 0. The Morgan fingerprint density at radius 3 is 2.42 bits per heavy atom. The van der Waals surface area contributed by atoms with Crippen LogP contribution in [0.2, 0.25) is 0 Å². The van der Waals surface area contributed by atoms with Gasteiger partial charge in [-0.3, -0.25) is 4.79 Å². The Labute approximate surface area is 117 Å². The molecule has 0 atom stereocenters. The fraction of sp³-hybridized carbons (Fsp3) is 0.500. The van der Waals surface area contributed by atoms with E-state index in [-0.39, 0.29) is 5.78 Å². The SMILES string of the molecule is CCCCCCCCC(=O)C#CCc1ccccc1. The Kier molecular flexibility index (Phi) is 8.47. The van der Waals surface area contributed by atoms with Crippen LogP contribution >= 0.6 is 0 Å². The summed E-state index contributed by atoms with van der Waals surface area (Å²) in [7, 11) is 0. The lowest BCUT2D eigenvalue weighted by molar-refractivity contribution is -0.113. The number of rotatable bonds is 8. The summed E-state index contributed by atoms with van der Waals surface area (Å²) in [6.07, 6.45) is 8.56. The van der Waals surface area contributed by atoms with Crippen molar-refractivity contribution in [3.05, 3.63) is 35.9 Å². The molecule has 0 unspecified atom stereocenters. The van der Waals surface area contributed by atoms with Gasteiger partial charge in [0.05, 0.1) is 0 Å². The minimum absolute atomic E-state index is 0.0893. The van der Waals surface area contributed by atoms with Crippen LogP contribution in [-0.4, -0.2) is 5.78 Å². The Balaban J connectivity index is 2.11. The highest BCUT2D eigenvalue weighted by Gasteiger charge is 1.97. The molecule has 1 nitrogen and oxygen atoms in total. The third kappa shape index (κ3) is 8.21. The van der Waals surface area contributed by atoms with Gasteiger partial charge in [0, 0.05) is 12.8 Å². The predicted molar refractivity (Wildman–Crippen MR) is 80.9 cm³/mol. The molecule has 1 heteroatoms. The second-order valence-corrected chi connectivity index (χ2v) is 4.91. The first-order valence-electron chi connectivity index (χ1n) is 7.38. The van der Waals surface area contributed by atoms with Gasteiger partial charge in [0.1, 0.15) is 0 Å². The molecule has 102 valence electrons. The van der Waals surface area contributed by atoms with Crippen LogP contribution in [-0.2, 0) is 11.2 Å². The summed E-state index contributed by atoms with van der Waals surface area (Å²) in [6.45, 7) is 2.21. The third-order valence-corrected chi connectivity index (χ3v) is 3.12. The lowest BCUT2D eigenvalue weighted by Gasteiger charge is -1.97. The number of hydrogen-bond donors (Lipinski definition) is 0. The number of ketones is 1. The average Bonchev–Trinajstić information content (AvgIpc) is 2.44. The number of carbonyl (C=O) groups is 1. The van der Waals surface area contributed by atoms with Crippen molar-refractivity contribution < 1.29 is 4.79 Å². The molecule has 0 aromatic heterocycles. The molecule has 0 heterocycles. The van der Waals surface area contributed by atoms with Crippen LogP contribution in [0.25, 0.3) is 0 Å². The molecule has 0 radical (unpaired) electrons. The van der Waals surface area contributed by atoms with Crippen molar-refractivity contribution in [3.63, 3.8) is 0 Å². The third-order valence-electron chi connectivity index (χ3n) is 3.12. The van der Waals surface area contributed by atoms with Gasteiger partial charge in [0.15, 0.2) is 0 Å². The topological polar surface area (TPSA) is 17.1 Å². The maximum Gasteiger partial charge on any atom is 0.205 e. The Hall–Kier alpha value is -1.55. The highest BCUT2D eigenvalue weighted by atomic mass is 16.1. The molecule has 0 saturated carbocycles. The standard InChI is InChI=1S/C18H24O/c1-2-3-4-5-6-10-15-18(19)16-11-14-17-12-8-7-9-13-17/h7-9,12-13H,2-6,10,14-15H2,1H3. The average molecular weight is 256 g/mol. The fourth-order valence-corrected chi connectivity index (χ4v) is 1.97. The molecule has 19 heavy (non-hydrogen) atoms. The van der Waals surface area contributed by atoms with Gasteiger partial charge in [0.2, 0.25) is 5.78 Å². The molecule has 0 spiro atoms. The van der Waals surface area contributed by atoms with Crippen molar-refractivity contribution in [3.8, 4) is 11.8 Å². The number of carbonyl (C=O) groups excluding carboxylic acids is 1. The lowest BCUT2D eigenvalue weighted by Crippen LogP contribution is -1.93. The molecule has 0 aliphatic heterocycles. The zero-order valence-electron chi connectivity index (χ0n) is 12.0. The molecular weight excluding hydrogens is 232 g/mol. The molecule has 1 aromatic rings. The molecule has 0 aliphatic rings. The van der Waals surface area contributed by atoms with Gasteiger partial charge >= 0.3 is 0 Å². The monoisotopic (exact) mass is 256 g/mol. The molecule has 0 fully saturated rings. The molecular formula is C18H24O. The summed E-state index contributed by atoms with van der Waals surface area (Å²) in [5, 5.41) is 0. The van der Waals surface area contributed by atoms with E-state index in [4.69, 9.17) is 0 Å². The van der Waals surface area contributed by atoms with Crippen LogP contribution in [0, 0.1) is 11.8 Å². The normalized spacial score (nSPS) is 9.74. The van der Waals surface area contributed by atoms with E-state index in [9.17, 15) is 4.79 Å². The van der Waals surface area contributed by atoms with E-state index in [1.807, 2.05) is 30.3 Å². The number of unbranched alkanes of at least 4 members (excludes halogenated alkanes) is 5. The zero-order chi connectivity index (χ0) is 13.8. The maximum atomic E-state index is 11.5. The molecule has 0 saturated heterocycles. The second kappa shape index (κ2) is 10.4. The number of Topliss-reactive ketones (excluding diaryl/α,β-unsaturated/α-hetero) is 1. The van der Waals surface area contributed by atoms with Crippen molar-refractivity contribution in [2.45, 2.75) is 58.3 Å². The fourth-order valence-electron chi connectivity index (χ4n) is 1.97. The summed E-state index contributed by atoms with van der Waals surface area (Å²) in [5.74, 6) is 5.80. The smallest absolute Gasteiger partial charge is 0.205 e. The quantitative estimate of drug-likeness (QED) is 0.379. The zero-order valence-corrected chi connectivity index (χ0v) is 12.0. The van der Waals surface area contributed by atoms with E-state index in [2.05, 4.69) is 18.8 Å². The van der Waals surface area contributed by atoms with E-state index >= 15 is 0 Å². The van der Waals surface area contributed by atoms with Gasteiger partial charge in [-0.15, -0.1) is 0 Å². The molecule has 0 aliphatic carbocycles. The molecule has 1 rings (SSSR count). The van der Waals surface area contributed by atoms with Crippen LogP contribution in [0.1, 0.15) is 57.4 Å². The van der Waals surface area contributed by atoms with Crippen LogP contribution in [0.5, 0.6) is 0 Å². The van der Waals surface area contributed by atoms with Crippen molar-refractivity contribution in [1.29, 1.82) is 0 Å². The lowest BCUT2D eigenvalue weighted by atomic mass is 10.1. The highest BCUT2D eigenvalue weighted by Crippen LogP contribution is 2.07. The van der Waals surface area contributed by atoms with E-state index < -0.39 is 0 Å². The van der Waals surface area contributed by atoms with Crippen molar-refractivity contribution in [2.24, 2.45) is 0 Å². The van der Waals surface area contributed by atoms with Crippen molar-refractivity contribution >= 4 is 5.78 Å². The van der Waals surface area contributed by atoms with Crippen LogP contribution in [0.15, 0.2) is 30.3 Å².